The highest BCUT2D eigenvalue weighted by Crippen LogP contribution is 2.42. The Labute approximate surface area is 234 Å². The minimum absolute atomic E-state index is 0.256. The highest BCUT2D eigenvalue weighted by atomic mass is 16.5. The summed E-state index contributed by atoms with van der Waals surface area (Å²) in [5, 5.41) is 0. The number of allylic oxidation sites excluding steroid dienone is 2. The number of carbonyl (C=O) groups is 3. The number of hydrogen-bond acceptors (Lipinski definition) is 7. The first kappa shape index (κ1) is 29.6. The lowest BCUT2D eigenvalue weighted by Gasteiger charge is -2.17. The third kappa shape index (κ3) is 7.14. The van der Waals surface area contributed by atoms with Crippen molar-refractivity contribution in [3.8, 4) is 45.3 Å². The molecule has 0 saturated heterocycles. The average Bonchev–Trinajstić information content (AvgIpc) is 2.97. The SMILES string of the molecule is C=C(C)C(=O)Oc1ccc(-c2cc(OC(=O)/C(C)=C/C)c(-c3ccc(OC)cc3)cc2OC(=O)/C(C)=C/C)cc1. The number of benzene rings is 3. The molecule has 0 heterocycles. The summed E-state index contributed by atoms with van der Waals surface area (Å²) in [6.45, 7) is 12.0. The van der Waals surface area contributed by atoms with Gasteiger partial charge in [0.25, 0.3) is 0 Å². The second-order valence-electron chi connectivity index (χ2n) is 8.99. The smallest absolute Gasteiger partial charge is 0.338 e. The van der Waals surface area contributed by atoms with Crippen molar-refractivity contribution < 1.29 is 33.3 Å². The minimum atomic E-state index is -0.540. The van der Waals surface area contributed by atoms with Crippen LogP contribution < -0.4 is 18.9 Å². The number of carbonyl (C=O) groups excluding carboxylic acids is 3. The predicted molar refractivity (Wildman–Crippen MR) is 154 cm³/mol. The molecule has 0 bridgehead atoms. The molecule has 0 aliphatic carbocycles. The van der Waals surface area contributed by atoms with Crippen LogP contribution in [0.5, 0.6) is 23.0 Å². The quantitative estimate of drug-likeness (QED) is 0.160. The largest absolute Gasteiger partial charge is 0.497 e. The summed E-state index contributed by atoms with van der Waals surface area (Å²) >= 11 is 0. The van der Waals surface area contributed by atoms with Crippen molar-refractivity contribution in [2.24, 2.45) is 0 Å². The van der Waals surface area contributed by atoms with Gasteiger partial charge in [-0.2, -0.15) is 0 Å². The van der Waals surface area contributed by atoms with Gasteiger partial charge >= 0.3 is 17.9 Å². The van der Waals surface area contributed by atoms with Crippen LogP contribution in [0, 0.1) is 0 Å². The van der Waals surface area contributed by atoms with E-state index in [0.717, 1.165) is 5.56 Å². The second kappa shape index (κ2) is 13.2. The van der Waals surface area contributed by atoms with Crippen molar-refractivity contribution in [2.75, 3.05) is 7.11 Å². The van der Waals surface area contributed by atoms with Crippen LogP contribution in [0.15, 0.2) is 96.1 Å². The van der Waals surface area contributed by atoms with Crippen molar-refractivity contribution >= 4 is 17.9 Å². The van der Waals surface area contributed by atoms with Crippen LogP contribution in [0.4, 0.5) is 0 Å². The van der Waals surface area contributed by atoms with E-state index >= 15 is 0 Å². The molecule has 3 rings (SSSR count). The minimum Gasteiger partial charge on any atom is -0.497 e. The first-order valence-electron chi connectivity index (χ1n) is 12.6. The van der Waals surface area contributed by atoms with E-state index in [1.807, 2.05) is 12.1 Å². The Morgan fingerprint density at radius 1 is 0.625 bits per heavy atom. The van der Waals surface area contributed by atoms with E-state index in [1.165, 1.54) is 0 Å². The van der Waals surface area contributed by atoms with Gasteiger partial charge in [-0.05, 0) is 82.1 Å². The highest BCUT2D eigenvalue weighted by Gasteiger charge is 2.21. The van der Waals surface area contributed by atoms with E-state index in [2.05, 4.69) is 6.58 Å². The monoisotopic (exact) mass is 540 g/mol. The van der Waals surface area contributed by atoms with Gasteiger partial charge in [-0.1, -0.05) is 43.0 Å². The maximum atomic E-state index is 12.8. The number of hydrogen-bond donors (Lipinski definition) is 0. The molecule has 3 aromatic carbocycles. The normalized spacial score (nSPS) is 11.4. The van der Waals surface area contributed by atoms with Crippen LogP contribution in [0.2, 0.25) is 0 Å². The maximum Gasteiger partial charge on any atom is 0.338 e. The number of methoxy groups -OCH3 is 1. The van der Waals surface area contributed by atoms with E-state index in [0.29, 0.717) is 39.3 Å². The molecule has 0 saturated carbocycles. The fourth-order valence-corrected chi connectivity index (χ4v) is 3.44. The Kier molecular flexibility index (Phi) is 9.81. The summed E-state index contributed by atoms with van der Waals surface area (Å²) in [6, 6.07) is 17.2. The Balaban J connectivity index is 2.21. The molecule has 0 unspecified atom stereocenters. The van der Waals surface area contributed by atoms with Crippen LogP contribution >= 0.6 is 0 Å². The van der Waals surface area contributed by atoms with Crippen molar-refractivity contribution in [3.05, 3.63) is 96.1 Å². The van der Waals surface area contributed by atoms with Gasteiger partial charge in [0.15, 0.2) is 0 Å². The van der Waals surface area contributed by atoms with Crippen LogP contribution in [0.1, 0.15) is 34.6 Å². The Morgan fingerprint density at radius 2 is 1.02 bits per heavy atom. The van der Waals surface area contributed by atoms with Crippen molar-refractivity contribution in [2.45, 2.75) is 34.6 Å². The van der Waals surface area contributed by atoms with Gasteiger partial charge in [-0.25, -0.2) is 14.4 Å². The lowest BCUT2D eigenvalue weighted by molar-refractivity contribution is -0.131. The molecule has 0 aromatic heterocycles. The Bertz CT molecular complexity index is 1490. The van der Waals surface area contributed by atoms with Crippen LogP contribution in [0.25, 0.3) is 22.3 Å². The summed E-state index contributed by atoms with van der Waals surface area (Å²) in [6.07, 6.45) is 3.32. The van der Waals surface area contributed by atoms with E-state index < -0.39 is 17.9 Å². The van der Waals surface area contributed by atoms with Crippen molar-refractivity contribution in [1.29, 1.82) is 0 Å². The van der Waals surface area contributed by atoms with Crippen LogP contribution in [-0.4, -0.2) is 25.0 Å². The van der Waals surface area contributed by atoms with E-state index in [1.54, 1.807) is 102 Å². The molecule has 0 spiro atoms. The summed E-state index contributed by atoms with van der Waals surface area (Å²) in [7, 11) is 1.57. The molecule has 0 atom stereocenters. The first-order valence-corrected chi connectivity index (χ1v) is 12.6. The molecule has 3 aromatic rings. The summed E-state index contributed by atoms with van der Waals surface area (Å²) in [5.41, 5.74) is 3.52. The van der Waals surface area contributed by atoms with Gasteiger partial charge in [0.2, 0.25) is 0 Å². The zero-order chi connectivity index (χ0) is 29.4. The molecule has 0 radical (unpaired) electrons. The zero-order valence-electron chi connectivity index (χ0n) is 23.5. The molecule has 7 nitrogen and oxygen atoms in total. The third-order valence-electron chi connectivity index (χ3n) is 6.12. The van der Waals surface area contributed by atoms with Crippen LogP contribution in [0.3, 0.4) is 0 Å². The van der Waals surface area contributed by atoms with E-state index in [4.69, 9.17) is 18.9 Å². The summed E-state index contributed by atoms with van der Waals surface area (Å²) in [5.74, 6) is -0.0676. The predicted octanol–water partition coefficient (Wildman–Crippen LogP) is 7.25. The standard InChI is InChI=1S/C33H32O7/c1-8-21(5)32(35)39-29-19-28(24-12-16-26(17-13-24)38-31(34)20(3)4)30(40-33(36)22(6)9-2)18-27(29)23-10-14-25(37-7)15-11-23/h8-19H,3H2,1-2,4-7H3/b21-8+,22-9+. The molecule has 0 N–H and O–H groups in total. The summed E-state index contributed by atoms with van der Waals surface area (Å²) in [4.78, 5) is 37.6. The number of esters is 3. The lowest BCUT2D eigenvalue weighted by Crippen LogP contribution is -2.12. The molecule has 206 valence electrons. The molecule has 0 aliphatic rings. The molecule has 0 fully saturated rings. The van der Waals surface area contributed by atoms with Crippen LogP contribution in [-0.2, 0) is 14.4 Å². The van der Waals surface area contributed by atoms with Gasteiger partial charge in [-0.15, -0.1) is 0 Å². The molecule has 0 aliphatic heterocycles. The number of rotatable bonds is 9. The lowest BCUT2D eigenvalue weighted by atomic mass is 9.97. The number of ether oxygens (including phenoxy) is 4. The van der Waals surface area contributed by atoms with Crippen molar-refractivity contribution in [3.63, 3.8) is 0 Å². The highest BCUT2D eigenvalue weighted by molar-refractivity contribution is 5.94. The van der Waals surface area contributed by atoms with Gasteiger partial charge in [0.05, 0.1) is 7.11 Å². The first-order chi connectivity index (χ1) is 19.1. The Hall–Kier alpha value is -4.91. The van der Waals surface area contributed by atoms with E-state index in [-0.39, 0.29) is 17.1 Å². The molecular formula is C33H32O7. The van der Waals surface area contributed by atoms with Gasteiger partial charge in [0.1, 0.15) is 23.0 Å². The molecular weight excluding hydrogens is 508 g/mol. The average molecular weight is 541 g/mol. The topological polar surface area (TPSA) is 88.1 Å². The van der Waals surface area contributed by atoms with Gasteiger partial charge < -0.3 is 18.9 Å². The Morgan fingerprint density at radius 3 is 1.38 bits per heavy atom. The van der Waals surface area contributed by atoms with Crippen molar-refractivity contribution in [1.82, 2.24) is 0 Å². The fraction of sp³-hybridized carbons (Fsp3) is 0.182. The van der Waals surface area contributed by atoms with E-state index in [9.17, 15) is 14.4 Å². The third-order valence-corrected chi connectivity index (χ3v) is 6.12. The zero-order valence-corrected chi connectivity index (χ0v) is 23.5. The second-order valence-corrected chi connectivity index (χ2v) is 8.99. The maximum absolute atomic E-state index is 12.8. The van der Waals surface area contributed by atoms with Gasteiger partial charge in [-0.3, -0.25) is 0 Å². The molecule has 0 amide bonds. The summed E-state index contributed by atoms with van der Waals surface area (Å²) < 4.78 is 22.2. The molecule has 40 heavy (non-hydrogen) atoms. The molecule has 7 heteroatoms. The fourth-order valence-electron chi connectivity index (χ4n) is 3.44. The van der Waals surface area contributed by atoms with Gasteiger partial charge in [0, 0.05) is 27.8 Å².